The predicted molar refractivity (Wildman–Crippen MR) is 93.2 cm³/mol. The number of hydrogen-bond acceptors (Lipinski definition) is 2. The molecule has 3 atom stereocenters. The van der Waals surface area contributed by atoms with Crippen molar-refractivity contribution in [2.24, 2.45) is 11.8 Å². The lowest BCUT2D eigenvalue weighted by atomic mass is 9.92. The lowest BCUT2D eigenvalue weighted by Gasteiger charge is -2.11. The Morgan fingerprint density at radius 2 is 2.09 bits per heavy atom. The van der Waals surface area contributed by atoms with Crippen molar-refractivity contribution in [1.82, 2.24) is 0 Å². The van der Waals surface area contributed by atoms with Crippen LogP contribution in [0.1, 0.15) is 77.6 Å². The first-order valence-corrected chi connectivity index (χ1v) is 9.45. The van der Waals surface area contributed by atoms with E-state index in [0.717, 1.165) is 18.6 Å². The summed E-state index contributed by atoms with van der Waals surface area (Å²) in [5, 5.41) is 8.66. The van der Waals surface area contributed by atoms with Crippen molar-refractivity contribution in [1.29, 1.82) is 0 Å². The number of ether oxygens (including phenoxy) is 1. The van der Waals surface area contributed by atoms with Gasteiger partial charge in [-0.25, -0.2) is 0 Å². The van der Waals surface area contributed by atoms with E-state index in [1.807, 2.05) is 0 Å². The van der Waals surface area contributed by atoms with Gasteiger partial charge in [-0.2, -0.15) is 0 Å². The van der Waals surface area contributed by atoms with Gasteiger partial charge in [-0.15, -0.1) is 0 Å². The summed E-state index contributed by atoms with van der Waals surface area (Å²) in [7, 11) is 0. The number of allylic oxidation sites excluding steroid dienone is 4. The van der Waals surface area contributed by atoms with E-state index in [1.165, 1.54) is 44.9 Å². The third-order valence-corrected chi connectivity index (χ3v) is 5.13. The molecule has 2 aliphatic rings. The van der Waals surface area contributed by atoms with Crippen LogP contribution in [0.15, 0.2) is 24.0 Å². The molecule has 3 heteroatoms. The Morgan fingerprint density at radius 3 is 2.87 bits per heavy atom. The third kappa shape index (κ3) is 6.04. The zero-order valence-corrected chi connectivity index (χ0v) is 14.5. The lowest BCUT2D eigenvalue weighted by molar-refractivity contribution is -0.137. The van der Waals surface area contributed by atoms with E-state index in [9.17, 15) is 4.79 Å². The molecule has 1 saturated carbocycles. The van der Waals surface area contributed by atoms with E-state index in [0.29, 0.717) is 24.4 Å². The van der Waals surface area contributed by atoms with E-state index >= 15 is 0 Å². The topological polar surface area (TPSA) is 46.5 Å². The maximum absolute atomic E-state index is 10.5. The van der Waals surface area contributed by atoms with Crippen molar-refractivity contribution in [3.8, 4) is 0 Å². The number of aliphatic carboxylic acids is 1. The second kappa shape index (κ2) is 9.79. The summed E-state index contributed by atoms with van der Waals surface area (Å²) in [6.45, 7) is 2.25. The fraction of sp³-hybridized carbons (Fsp3) is 0.750. The number of carboxylic acid groups (broad SMARTS) is 1. The standard InChI is InChI=1S/C20H32O3/c1-2-3-4-5-6-7-10-16-13-14-19-18(16)15-17(23-19)11-8-9-12-20(21)22/h7,10-11,16,18-19H,2-6,8-9,12-15H2,1H3,(H,21,22)/t16-,18+,19?/m0/s1. The van der Waals surface area contributed by atoms with Gasteiger partial charge in [-0.05, 0) is 50.5 Å². The molecule has 0 bridgehead atoms. The molecule has 3 nitrogen and oxygen atoms in total. The second-order valence-corrected chi connectivity index (χ2v) is 7.00. The minimum atomic E-state index is -0.711. The summed E-state index contributed by atoms with van der Waals surface area (Å²) in [5.74, 6) is 1.71. The molecule has 0 radical (unpaired) electrons. The molecule has 2 fully saturated rings. The second-order valence-electron chi connectivity index (χ2n) is 7.00. The first-order valence-electron chi connectivity index (χ1n) is 9.45. The van der Waals surface area contributed by atoms with Crippen LogP contribution in [0.2, 0.25) is 0 Å². The van der Waals surface area contributed by atoms with E-state index in [1.54, 1.807) is 0 Å². The highest BCUT2D eigenvalue weighted by Gasteiger charge is 2.41. The van der Waals surface area contributed by atoms with Crippen molar-refractivity contribution in [2.45, 2.75) is 83.7 Å². The fourth-order valence-corrected chi connectivity index (χ4v) is 3.81. The monoisotopic (exact) mass is 320 g/mol. The Morgan fingerprint density at radius 1 is 1.22 bits per heavy atom. The molecule has 0 aromatic heterocycles. The van der Waals surface area contributed by atoms with Crippen LogP contribution in [0.4, 0.5) is 0 Å². The van der Waals surface area contributed by atoms with Crippen molar-refractivity contribution in [3.05, 3.63) is 24.0 Å². The van der Waals surface area contributed by atoms with E-state index in [4.69, 9.17) is 9.84 Å². The minimum absolute atomic E-state index is 0.250. The van der Waals surface area contributed by atoms with Gasteiger partial charge in [0.25, 0.3) is 0 Å². The maximum atomic E-state index is 10.5. The molecule has 23 heavy (non-hydrogen) atoms. The third-order valence-electron chi connectivity index (χ3n) is 5.13. The molecule has 2 rings (SSSR count). The number of fused-ring (bicyclic) bond motifs is 1. The molecule has 1 N–H and O–H groups in total. The summed E-state index contributed by atoms with van der Waals surface area (Å²) >= 11 is 0. The molecular formula is C20H32O3. The van der Waals surface area contributed by atoms with Crippen LogP contribution >= 0.6 is 0 Å². The molecular weight excluding hydrogens is 288 g/mol. The van der Waals surface area contributed by atoms with Gasteiger partial charge in [0, 0.05) is 18.8 Å². The molecule has 1 unspecified atom stereocenters. The maximum Gasteiger partial charge on any atom is 0.303 e. The van der Waals surface area contributed by atoms with Crippen LogP contribution in [0.5, 0.6) is 0 Å². The predicted octanol–water partition coefficient (Wildman–Crippen LogP) is 5.47. The molecule has 0 amide bonds. The van der Waals surface area contributed by atoms with Gasteiger partial charge in [0.15, 0.2) is 0 Å². The van der Waals surface area contributed by atoms with Crippen LogP contribution in [0, 0.1) is 11.8 Å². The quantitative estimate of drug-likeness (QED) is 0.429. The van der Waals surface area contributed by atoms with E-state index < -0.39 is 5.97 Å². The first kappa shape index (κ1) is 18.1. The van der Waals surface area contributed by atoms with Crippen molar-refractivity contribution in [2.75, 3.05) is 0 Å². The Labute approximate surface area is 140 Å². The largest absolute Gasteiger partial charge is 0.495 e. The molecule has 1 saturated heterocycles. The molecule has 1 aliphatic heterocycles. The number of rotatable bonds is 10. The highest BCUT2D eigenvalue weighted by Crippen LogP contribution is 2.45. The van der Waals surface area contributed by atoms with Gasteiger partial charge >= 0.3 is 5.97 Å². The average molecular weight is 320 g/mol. The summed E-state index contributed by atoms with van der Waals surface area (Å²) in [6, 6.07) is 0. The van der Waals surface area contributed by atoms with E-state index in [-0.39, 0.29) is 6.42 Å². The molecule has 0 spiro atoms. The van der Waals surface area contributed by atoms with Crippen LogP contribution < -0.4 is 0 Å². The van der Waals surface area contributed by atoms with Gasteiger partial charge in [-0.3, -0.25) is 4.79 Å². The number of carbonyl (C=O) groups is 1. The fourth-order valence-electron chi connectivity index (χ4n) is 3.81. The number of carboxylic acids is 1. The summed E-state index contributed by atoms with van der Waals surface area (Å²) < 4.78 is 6.06. The van der Waals surface area contributed by atoms with Gasteiger partial charge < -0.3 is 9.84 Å². The Hall–Kier alpha value is -1.25. The highest BCUT2D eigenvalue weighted by molar-refractivity contribution is 5.66. The van der Waals surface area contributed by atoms with E-state index in [2.05, 4.69) is 25.2 Å². The van der Waals surface area contributed by atoms with Crippen LogP contribution in [-0.2, 0) is 9.53 Å². The molecule has 1 aliphatic carbocycles. The minimum Gasteiger partial charge on any atom is -0.495 e. The van der Waals surface area contributed by atoms with Gasteiger partial charge in [-0.1, -0.05) is 38.3 Å². The van der Waals surface area contributed by atoms with Crippen LogP contribution in [-0.4, -0.2) is 17.2 Å². The van der Waals surface area contributed by atoms with Crippen molar-refractivity contribution < 1.29 is 14.6 Å². The summed E-state index contributed by atoms with van der Waals surface area (Å²) in [4.78, 5) is 10.5. The van der Waals surface area contributed by atoms with Crippen LogP contribution in [0.3, 0.4) is 0 Å². The van der Waals surface area contributed by atoms with Gasteiger partial charge in [0.1, 0.15) is 6.10 Å². The Kier molecular flexibility index (Phi) is 7.70. The average Bonchev–Trinajstić information content (AvgIpc) is 3.08. The lowest BCUT2D eigenvalue weighted by Crippen LogP contribution is -2.11. The Bertz CT molecular complexity index is 425. The molecule has 130 valence electrons. The van der Waals surface area contributed by atoms with Crippen LogP contribution in [0.25, 0.3) is 0 Å². The summed E-state index contributed by atoms with van der Waals surface area (Å²) in [5.41, 5.74) is 0. The van der Waals surface area contributed by atoms with Crippen molar-refractivity contribution >= 4 is 5.97 Å². The normalized spacial score (nSPS) is 28.4. The first-order chi connectivity index (χ1) is 11.2. The Balaban J connectivity index is 1.70. The van der Waals surface area contributed by atoms with Crippen molar-refractivity contribution in [3.63, 3.8) is 0 Å². The number of unbranched alkanes of at least 4 members (excludes halogenated alkanes) is 5. The molecule has 1 heterocycles. The smallest absolute Gasteiger partial charge is 0.303 e. The SMILES string of the molecule is CCCCCCC=C[C@H]1CCC2OC(=CCCCC(=O)O)C[C@@H]21. The molecule has 0 aromatic rings. The van der Waals surface area contributed by atoms with Gasteiger partial charge in [0.2, 0.25) is 0 Å². The molecule has 0 aromatic carbocycles. The summed E-state index contributed by atoms with van der Waals surface area (Å²) in [6.07, 6.45) is 19.1. The highest BCUT2D eigenvalue weighted by atomic mass is 16.5. The zero-order chi connectivity index (χ0) is 16.5. The number of hydrogen-bond donors (Lipinski definition) is 1. The van der Waals surface area contributed by atoms with Gasteiger partial charge in [0.05, 0.1) is 5.76 Å². The zero-order valence-electron chi connectivity index (χ0n) is 14.5.